The van der Waals surface area contributed by atoms with Gasteiger partial charge in [-0.1, -0.05) is 20.3 Å². The van der Waals surface area contributed by atoms with Crippen molar-refractivity contribution in [2.75, 3.05) is 7.11 Å². The van der Waals surface area contributed by atoms with Crippen molar-refractivity contribution in [3.63, 3.8) is 0 Å². The molecule has 1 N–H and O–H groups in total. The van der Waals surface area contributed by atoms with Crippen LogP contribution in [0.2, 0.25) is 0 Å². The van der Waals surface area contributed by atoms with E-state index in [0.29, 0.717) is 18.8 Å². The van der Waals surface area contributed by atoms with E-state index in [4.69, 9.17) is 14.2 Å². The monoisotopic (exact) mass is 328 g/mol. The molecule has 2 bridgehead atoms. The van der Waals surface area contributed by atoms with Gasteiger partial charge in [0.05, 0.1) is 30.8 Å². The SMILES string of the molecule is CCC[C@H]1C[C@H](OC)C[C@H](C)C[C@@H]2C[C@H](O)C[C@H](CC(=O)O1)O2. The average molecular weight is 328 g/mol. The highest BCUT2D eigenvalue weighted by molar-refractivity contribution is 5.70. The smallest absolute Gasteiger partial charge is 0.308 e. The molecule has 0 unspecified atom stereocenters. The molecule has 2 fully saturated rings. The predicted octanol–water partition coefficient (Wildman–Crippen LogP) is 2.83. The highest BCUT2D eigenvalue weighted by Crippen LogP contribution is 2.30. The molecule has 0 amide bonds. The maximum atomic E-state index is 12.2. The van der Waals surface area contributed by atoms with E-state index in [0.717, 1.165) is 32.1 Å². The Hall–Kier alpha value is -0.650. The second-order valence-corrected chi connectivity index (χ2v) is 7.28. The van der Waals surface area contributed by atoms with Gasteiger partial charge in [-0.3, -0.25) is 4.79 Å². The average Bonchev–Trinajstić information content (AvgIpc) is 2.44. The van der Waals surface area contributed by atoms with Crippen LogP contribution in [0.15, 0.2) is 0 Å². The molecule has 2 heterocycles. The van der Waals surface area contributed by atoms with E-state index in [1.165, 1.54) is 0 Å². The number of hydrogen-bond donors (Lipinski definition) is 1. The fourth-order valence-electron chi connectivity index (χ4n) is 3.91. The van der Waals surface area contributed by atoms with Crippen LogP contribution < -0.4 is 0 Å². The van der Waals surface area contributed by atoms with Crippen LogP contribution in [0.4, 0.5) is 0 Å². The van der Waals surface area contributed by atoms with Crippen molar-refractivity contribution in [3.05, 3.63) is 0 Å². The van der Waals surface area contributed by atoms with Gasteiger partial charge in [0.1, 0.15) is 6.10 Å². The summed E-state index contributed by atoms with van der Waals surface area (Å²) in [5, 5.41) is 10.1. The fourth-order valence-corrected chi connectivity index (χ4v) is 3.91. The molecule has 2 aliphatic heterocycles. The molecule has 0 aromatic heterocycles. The summed E-state index contributed by atoms with van der Waals surface area (Å²) in [5.74, 6) is 0.234. The van der Waals surface area contributed by atoms with Gasteiger partial charge < -0.3 is 19.3 Å². The number of aliphatic hydroxyl groups excluding tert-OH is 1. The first-order valence-corrected chi connectivity index (χ1v) is 9.05. The topological polar surface area (TPSA) is 65.0 Å². The molecule has 0 radical (unpaired) electrons. The van der Waals surface area contributed by atoms with E-state index in [1.807, 2.05) is 0 Å². The number of ether oxygens (including phenoxy) is 3. The van der Waals surface area contributed by atoms with Gasteiger partial charge >= 0.3 is 5.97 Å². The third-order valence-electron chi connectivity index (χ3n) is 4.95. The zero-order chi connectivity index (χ0) is 16.8. The lowest BCUT2D eigenvalue weighted by Crippen LogP contribution is -2.39. The van der Waals surface area contributed by atoms with Gasteiger partial charge in [-0.2, -0.15) is 0 Å². The normalized spacial score (nSPS) is 39.9. The maximum absolute atomic E-state index is 12.2. The van der Waals surface area contributed by atoms with E-state index >= 15 is 0 Å². The van der Waals surface area contributed by atoms with Crippen molar-refractivity contribution in [1.82, 2.24) is 0 Å². The van der Waals surface area contributed by atoms with Crippen molar-refractivity contribution in [3.8, 4) is 0 Å². The Labute approximate surface area is 139 Å². The Morgan fingerprint density at radius 3 is 2.61 bits per heavy atom. The highest BCUT2D eigenvalue weighted by Gasteiger charge is 2.33. The number of methoxy groups -OCH3 is 1. The summed E-state index contributed by atoms with van der Waals surface area (Å²) in [7, 11) is 1.73. The van der Waals surface area contributed by atoms with E-state index in [1.54, 1.807) is 7.11 Å². The summed E-state index contributed by atoms with van der Waals surface area (Å²) >= 11 is 0. The number of rotatable bonds is 3. The zero-order valence-corrected chi connectivity index (χ0v) is 14.7. The van der Waals surface area contributed by atoms with Gasteiger partial charge in [-0.15, -0.1) is 0 Å². The van der Waals surface area contributed by atoms with Crippen LogP contribution in [0.5, 0.6) is 0 Å². The first-order valence-electron chi connectivity index (χ1n) is 9.05. The van der Waals surface area contributed by atoms with Gasteiger partial charge in [0.15, 0.2) is 0 Å². The van der Waals surface area contributed by atoms with Gasteiger partial charge in [0, 0.05) is 20.0 Å². The molecule has 0 aliphatic carbocycles. The number of carbonyl (C=O) groups is 1. The summed E-state index contributed by atoms with van der Waals surface area (Å²) in [5.41, 5.74) is 0. The van der Waals surface area contributed by atoms with Crippen molar-refractivity contribution < 1.29 is 24.1 Å². The summed E-state index contributed by atoms with van der Waals surface area (Å²) in [4.78, 5) is 12.2. The molecule has 134 valence electrons. The molecule has 0 spiro atoms. The molecule has 23 heavy (non-hydrogen) atoms. The Morgan fingerprint density at radius 1 is 1.17 bits per heavy atom. The lowest BCUT2D eigenvalue weighted by Gasteiger charge is -2.36. The van der Waals surface area contributed by atoms with Gasteiger partial charge in [0.25, 0.3) is 0 Å². The largest absolute Gasteiger partial charge is 0.462 e. The number of esters is 1. The molecule has 2 rings (SSSR count). The second kappa shape index (κ2) is 9.00. The minimum Gasteiger partial charge on any atom is -0.462 e. The minimum absolute atomic E-state index is 0.0231. The molecular formula is C18H32O5. The molecule has 0 aromatic rings. The van der Waals surface area contributed by atoms with Gasteiger partial charge in [-0.05, 0) is 31.6 Å². The Kier molecular flexibility index (Phi) is 7.31. The summed E-state index contributed by atoms with van der Waals surface area (Å²) in [6.45, 7) is 4.30. The first kappa shape index (κ1) is 18.7. The Morgan fingerprint density at radius 2 is 1.91 bits per heavy atom. The molecule has 0 saturated carbocycles. The number of cyclic esters (lactones) is 1. The number of aliphatic hydroxyl groups is 1. The van der Waals surface area contributed by atoms with Crippen LogP contribution in [0, 0.1) is 5.92 Å². The van der Waals surface area contributed by atoms with Crippen LogP contribution in [0.25, 0.3) is 0 Å². The molecule has 6 atom stereocenters. The molecule has 2 aliphatic rings. The van der Waals surface area contributed by atoms with Crippen molar-refractivity contribution in [2.45, 2.75) is 95.7 Å². The lowest BCUT2D eigenvalue weighted by atomic mass is 9.89. The first-order chi connectivity index (χ1) is 11.0. The maximum Gasteiger partial charge on any atom is 0.308 e. The molecule has 0 aromatic carbocycles. The van der Waals surface area contributed by atoms with Gasteiger partial charge in [0.2, 0.25) is 0 Å². The third kappa shape index (κ3) is 6.05. The summed E-state index contributed by atoms with van der Waals surface area (Å²) < 4.78 is 17.3. The van der Waals surface area contributed by atoms with E-state index < -0.39 is 0 Å². The lowest BCUT2D eigenvalue weighted by molar-refractivity contribution is -0.162. The number of carbonyl (C=O) groups excluding carboxylic acids is 1. The second-order valence-electron chi connectivity index (χ2n) is 7.28. The van der Waals surface area contributed by atoms with Crippen LogP contribution in [-0.4, -0.2) is 48.7 Å². The zero-order valence-electron chi connectivity index (χ0n) is 14.7. The Balaban J connectivity index is 2.09. The molecular weight excluding hydrogens is 296 g/mol. The van der Waals surface area contributed by atoms with E-state index in [2.05, 4.69) is 13.8 Å². The quantitative estimate of drug-likeness (QED) is 0.807. The fraction of sp³-hybridized carbons (Fsp3) is 0.944. The van der Waals surface area contributed by atoms with Crippen molar-refractivity contribution in [1.29, 1.82) is 0 Å². The van der Waals surface area contributed by atoms with E-state index in [-0.39, 0.29) is 42.9 Å². The highest BCUT2D eigenvalue weighted by atomic mass is 16.6. The number of fused-ring (bicyclic) bond motifs is 2. The van der Waals surface area contributed by atoms with Gasteiger partial charge in [-0.25, -0.2) is 0 Å². The van der Waals surface area contributed by atoms with Crippen LogP contribution in [0.3, 0.4) is 0 Å². The summed E-state index contributed by atoms with van der Waals surface area (Å²) in [6.07, 6.45) is 5.28. The van der Waals surface area contributed by atoms with Crippen LogP contribution in [0.1, 0.15) is 65.2 Å². The predicted molar refractivity (Wildman–Crippen MR) is 87.1 cm³/mol. The minimum atomic E-state index is -0.383. The standard InChI is InChI=1S/C18H32O5/c1-4-5-14-10-15(21-3)6-12(2)7-16-8-13(19)9-17(22-16)11-18(20)23-14/h12-17,19H,4-11H2,1-3H3/t12-,13-,14-,15+,16+,17+/m0/s1. The molecule has 5 heteroatoms. The number of hydrogen-bond acceptors (Lipinski definition) is 5. The van der Waals surface area contributed by atoms with Crippen LogP contribution in [-0.2, 0) is 19.0 Å². The molecule has 5 nitrogen and oxygen atoms in total. The molecule has 2 saturated heterocycles. The Bertz CT molecular complexity index is 372. The van der Waals surface area contributed by atoms with Crippen molar-refractivity contribution >= 4 is 5.97 Å². The van der Waals surface area contributed by atoms with Crippen LogP contribution >= 0.6 is 0 Å². The van der Waals surface area contributed by atoms with Crippen molar-refractivity contribution in [2.24, 2.45) is 5.92 Å². The van der Waals surface area contributed by atoms with E-state index in [9.17, 15) is 9.90 Å². The third-order valence-corrected chi connectivity index (χ3v) is 4.95. The summed E-state index contributed by atoms with van der Waals surface area (Å²) in [6, 6.07) is 0.